The molecular weight excluding hydrogens is 144 g/mol. The normalized spacial score (nSPS) is 10.7. The molecule has 0 unspecified atom stereocenters. The van der Waals surface area contributed by atoms with E-state index in [1.165, 1.54) is 24.0 Å². The van der Waals surface area contributed by atoms with Crippen molar-refractivity contribution in [1.82, 2.24) is 0 Å². The van der Waals surface area contributed by atoms with Crippen molar-refractivity contribution in [1.29, 1.82) is 0 Å². The first-order chi connectivity index (χ1) is 5.68. The molecule has 0 spiro atoms. The van der Waals surface area contributed by atoms with Gasteiger partial charge in [0, 0.05) is 0 Å². The summed E-state index contributed by atoms with van der Waals surface area (Å²) in [5.41, 5.74) is 2.82. The molecule has 0 heterocycles. The molecule has 0 aliphatic carbocycles. The summed E-state index contributed by atoms with van der Waals surface area (Å²) in [6.45, 7) is 6.68. The van der Waals surface area contributed by atoms with E-state index < -0.39 is 0 Å². The monoisotopic (exact) mass is 162 g/mol. The molecule has 0 aliphatic heterocycles. The molecule has 0 aromatic heterocycles. The first-order valence-corrected chi connectivity index (χ1v) is 4.74. The van der Waals surface area contributed by atoms with Crippen LogP contribution in [-0.4, -0.2) is 0 Å². The second kappa shape index (κ2) is 4.30. The Labute approximate surface area is 75.6 Å². The Hall–Kier alpha value is -0.780. The van der Waals surface area contributed by atoms with Crippen molar-refractivity contribution in [3.63, 3.8) is 0 Å². The number of aryl methyl sites for hydroxylation is 2. The summed E-state index contributed by atoms with van der Waals surface area (Å²) in [5.74, 6) is 0.811. The van der Waals surface area contributed by atoms with E-state index in [0.717, 1.165) is 5.92 Å². The SMILES string of the molecule is Cc1ccc(CCC(C)C)cc1. The van der Waals surface area contributed by atoms with Crippen LogP contribution in [0.5, 0.6) is 0 Å². The first kappa shape index (κ1) is 9.31. The van der Waals surface area contributed by atoms with Crippen LogP contribution in [0.2, 0.25) is 0 Å². The summed E-state index contributed by atoms with van der Waals surface area (Å²) in [5, 5.41) is 0. The molecule has 0 radical (unpaired) electrons. The van der Waals surface area contributed by atoms with Gasteiger partial charge in [-0.1, -0.05) is 43.7 Å². The number of hydrogen-bond donors (Lipinski definition) is 0. The zero-order valence-corrected chi connectivity index (χ0v) is 8.30. The van der Waals surface area contributed by atoms with Gasteiger partial charge in [0.25, 0.3) is 0 Å². The third kappa shape index (κ3) is 3.08. The molecule has 0 fully saturated rings. The Morgan fingerprint density at radius 1 is 1.08 bits per heavy atom. The van der Waals surface area contributed by atoms with E-state index in [1.54, 1.807) is 0 Å². The summed E-state index contributed by atoms with van der Waals surface area (Å²) in [4.78, 5) is 0. The van der Waals surface area contributed by atoms with E-state index >= 15 is 0 Å². The third-order valence-electron chi connectivity index (χ3n) is 2.13. The lowest BCUT2D eigenvalue weighted by molar-refractivity contribution is 0.586. The molecule has 0 nitrogen and oxygen atoms in total. The highest BCUT2D eigenvalue weighted by Crippen LogP contribution is 2.09. The molecule has 0 N–H and O–H groups in total. The molecule has 1 rings (SSSR count). The minimum atomic E-state index is 0.811. The average molecular weight is 162 g/mol. The fraction of sp³-hybridized carbons (Fsp3) is 0.500. The zero-order valence-electron chi connectivity index (χ0n) is 8.30. The van der Waals surface area contributed by atoms with Gasteiger partial charge in [-0.3, -0.25) is 0 Å². The Balaban J connectivity index is 2.48. The van der Waals surface area contributed by atoms with Crippen LogP contribution in [0, 0.1) is 12.8 Å². The molecule has 0 atom stereocenters. The average Bonchev–Trinajstić information content (AvgIpc) is 2.03. The van der Waals surface area contributed by atoms with Crippen LogP contribution >= 0.6 is 0 Å². The van der Waals surface area contributed by atoms with Gasteiger partial charge in [-0.05, 0) is 31.2 Å². The highest BCUT2D eigenvalue weighted by Gasteiger charge is 1.95. The summed E-state index contributed by atoms with van der Waals surface area (Å²) in [6, 6.07) is 8.85. The van der Waals surface area contributed by atoms with Crippen molar-refractivity contribution in [2.75, 3.05) is 0 Å². The lowest BCUT2D eigenvalue weighted by Gasteiger charge is -2.04. The fourth-order valence-electron chi connectivity index (χ4n) is 1.21. The van der Waals surface area contributed by atoms with Crippen molar-refractivity contribution in [3.05, 3.63) is 35.4 Å². The van der Waals surface area contributed by atoms with E-state index in [2.05, 4.69) is 45.0 Å². The molecule has 0 bridgehead atoms. The van der Waals surface area contributed by atoms with Gasteiger partial charge >= 0.3 is 0 Å². The van der Waals surface area contributed by atoms with Gasteiger partial charge in [0.1, 0.15) is 0 Å². The van der Waals surface area contributed by atoms with Gasteiger partial charge < -0.3 is 0 Å². The minimum Gasteiger partial charge on any atom is -0.0628 e. The minimum absolute atomic E-state index is 0.811. The van der Waals surface area contributed by atoms with Gasteiger partial charge in [-0.15, -0.1) is 0 Å². The Morgan fingerprint density at radius 2 is 1.67 bits per heavy atom. The van der Waals surface area contributed by atoms with Crippen LogP contribution in [0.15, 0.2) is 24.3 Å². The molecule has 0 amide bonds. The predicted octanol–water partition coefficient (Wildman–Crippen LogP) is 3.58. The van der Waals surface area contributed by atoms with Gasteiger partial charge in [-0.25, -0.2) is 0 Å². The van der Waals surface area contributed by atoms with E-state index in [1.807, 2.05) is 0 Å². The molecule has 0 heteroatoms. The Bertz CT molecular complexity index is 218. The number of rotatable bonds is 3. The molecular formula is C12H18. The van der Waals surface area contributed by atoms with E-state index in [4.69, 9.17) is 0 Å². The Morgan fingerprint density at radius 3 is 2.17 bits per heavy atom. The van der Waals surface area contributed by atoms with Gasteiger partial charge in [0.15, 0.2) is 0 Å². The molecule has 1 aromatic rings. The van der Waals surface area contributed by atoms with Crippen molar-refractivity contribution in [2.24, 2.45) is 5.92 Å². The maximum Gasteiger partial charge on any atom is -0.0276 e. The van der Waals surface area contributed by atoms with Crippen LogP contribution in [0.4, 0.5) is 0 Å². The zero-order chi connectivity index (χ0) is 8.97. The molecule has 66 valence electrons. The van der Waals surface area contributed by atoms with Crippen molar-refractivity contribution >= 4 is 0 Å². The molecule has 12 heavy (non-hydrogen) atoms. The molecule has 1 aromatic carbocycles. The summed E-state index contributed by atoms with van der Waals surface area (Å²) in [7, 11) is 0. The summed E-state index contributed by atoms with van der Waals surface area (Å²) < 4.78 is 0. The molecule has 0 aliphatic rings. The second-order valence-corrected chi connectivity index (χ2v) is 3.92. The largest absolute Gasteiger partial charge is 0.0628 e. The van der Waals surface area contributed by atoms with Crippen LogP contribution in [0.3, 0.4) is 0 Å². The lowest BCUT2D eigenvalue weighted by Crippen LogP contribution is -1.91. The van der Waals surface area contributed by atoms with E-state index in [0.29, 0.717) is 0 Å². The van der Waals surface area contributed by atoms with Crippen LogP contribution in [-0.2, 0) is 6.42 Å². The highest BCUT2D eigenvalue weighted by atomic mass is 14.0. The predicted molar refractivity (Wildman–Crippen MR) is 54.3 cm³/mol. The molecule has 0 saturated carbocycles. The maximum absolute atomic E-state index is 2.27. The summed E-state index contributed by atoms with van der Waals surface area (Å²) >= 11 is 0. The van der Waals surface area contributed by atoms with E-state index in [-0.39, 0.29) is 0 Å². The maximum atomic E-state index is 2.27. The quantitative estimate of drug-likeness (QED) is 0.637. The number of hydrogen-bond acceptors (Lipinski definition) is 0. The van der Waals surface area contributed by atoms with Crippen molar-refractivity contribution in [2.45, 2.75) is 33.6 Å². The first-order valence-electron chi connectivity index (χ1n) is 4.74. The smallest absolute Gasteiger partial charge is 0.0276 e. The van der Waals surface area contributed by atoms with Gasteiger partial charge in [0.05, 0.1) is 0 Å². The molecule has 0 saturated heterocycles. The van der Waals surface area contributed by atoms with Gasteiger partial charge in [0.2, 0.25) is 0 Å². The topological polar surface area (TPSA) is 0 Å². The van der Waals surface area contributed by atoms with Crippen molar-refractivity contribution in [3.8, 4) is 0 Å². The summed E-state index contributed by atoms with van der Waals surface area (Å²) in [6.07, 6.45) is 2.51. The third-order valence-corrected chi connectivity index (χ3v) is 2.13. The Kier molecular flexibility index (Phi) is 3.33. The number of benzene rings is 1. The van der Waals surface area contributed by atoms with Crippen LogP contribution in [0.25, 0.3) is 0 Å². The van der Waals surface area contributed by atoms with Gasteiger partial charge in [-0.2, -0.15) is 0 Å². The standard InChI is InChI=1S/C12H18/c1-10(2)4-7-12-8-5-11(3)6-9-12/h5-6,8-10H,4,7H2,1-3H3. The highest BCUT2D eigenvalue weighted by molar-refractivity contribution is 5.21. The fourth-order valence-corrected chi connectivity index (χ4v) is 1.21. The lowest BCUT2D eigenvalue weighted by atomic mass is 10.0. The van der Waals surface area contributed by atoms with Crippen LogP contribution < -0.4 is 0 Å². The van der Waals surface area contributed by atoms with Crippen molar-refractivity contribution < 1.29 is 0 Å². The second-order valence-electron chi connectivity index (χ2n) is 3.92. The van der Waals surface area contributed by atoms with Crippen LogP contribution in [0.1, 0.15) is 31.4 Å². The van der Waals surface area contributed by atoms with E-state index in [9.17, 15) is 0 Å².